The molecule has 0 bridgehead atoms. The molecule has 1 aromatic heterocycles. The molecule has 0 fully saturated rings. The largest absolute Gasteiger partial charge is 0.478 e. The van der Waals surface area contributed by atoms with E-state index in [1.54, 1.807) is 13.0 Å². The summed E-state index contributed by atoms with van der Waals surface area (Å²) in [5, 5.41) is 10.1. The minimum absolute atomic E-state index is 0.0505. The molecule has 0 unspecified atom stereocenters. The Kier molecular flexibility index (Phi) is 3.01. The molecule has 3 nitrogen and oxygen atoms in total. The van der Waals surface area contributed by atoms with Crippen molar-refractivity contribution in [1.82, 2.24) is 4.98 Å². The Bertz CT molecular complexity index is 765. The van der Waals surface area contributed by atoms with Crippen LogP contribution in [0.2, 0.25) is 0 Å². The Labute approximate surface area is 122 Å². The number of fused-ring (bicyclic) bond motifs is 2. The van der Waals surface area contributed by atoms with Gasteiger partial charge >= 0.3 is 5.97 Å². The van der Waals surface area contributed by atoms with E-state index in [0.717, 1.165) is 17.7 Å². The number of aromatic nitrogens is 1. The first-order chi connectivity index (χ1) is 9.78. The van der Waals surface area contributed by atoms with Gasteiger partial charge in [0.15, 0.2) is 0 Å². The van der Waals surface area contributed by atoms with Gasteiger partial charge in [-0.2, -0.15) is 0 Å². The summed E-state index contributed by atoms with van der Waals surface area (Å²) in [6.45, 7) is 6.02. The summed E-state index contributed by atoms with van der Waals surface area (Å²) in [7, 11) is 0. The molecule has 0 radical (unpaired) electrons. The van der Waals surface area contributed by atoms with E-state index >= 15 is 0 Å². The van der Waals surface area contributed by atoms with E-state index < -0.39 is 11.8 Å². The summed E-state index contributed by atoms with van der Waals surface area (Å²) < 4.78 is 14.2. The van der Waals surface area contributed by atoms with Crippen LogP contribution in [0.15, 0.2) is 12.1 Å². The van der Waals surface area contributed by atoms with E-state index in [9.17, 15) is 14.3 Å². The third-order valence-corrected chi connectivity index (χ3v) is 4.28. The second-order valence-electron chi connectivity index (χ2n) is 6.70. The van der Waals surface area contributed by atoms with E-state index in [4.69, 9.17) is 0 Å². The molecule has 1 aliphatic rings. The first-order valence-electron chi connectivity index (χ1n) is 7.13. The molecule has 1 N–H and O–H groups in total. The average Bonchev–Trinajstić information content (AvgIpc) is 2.35. The lowest BCUT2D eigenvalue weighted by molar-refractivity contribution is 0.0696. The minimum Gasteiger partial charge on any atom is -0.478 e. The van der Waals surface area contributed by atoms with Crippen LogP contribution in [0, 0.1) is 18.2 Å². The molecule has 0 saturated carbocycles. The Hall–Kier alpha value is -1.97. The topological polar surface area (TPSA) is 50.2 Å². The highest BCUT2D eigenvalue weighted by Crippen LogP contribution is 2.38. The van der Waals surface area contributed by atoms with E-state index in [-0.39, 0.29) is 16.5 Å². The number of aryl methyl sites for hydroxylation is 2. The SMILES string of the molecule is Cc1cc(F)c2nc3c(c(C(=O)O)c2c1)CC(C)(C)CC3. The zero-order valence-electron chi connectivity index (χ0n) is 12.5. The molecule has 0 aliphatic heterocycles. The third kappa shape index (κ3) is 2.28. The van der Waals surface area contributed by atoms with E-state index in [1.165, 1.54) is 6.07 Å². The number of halogens is 1. The quantitative estimate of drug-likeness (QED) is 0.865. The van der Waals surface area contributed by atoms with Crippen LogP contribution in [-0.4, -0.2) is 16.1 Å². The zero-order valence-corrected chi connectivity index (χ0v) is 12.5. The molecular weight excluding hydrogens is 269 g/mol. The van der Waals surface area contributed by atoms with E-state index in [1.807, 2.05) is 0 Å². The van der Waals surface area contributed by atoms with Crippen LogP contribution < -0.4 is 0 Å². The average molecular weight is 287 g/mol. The van der Waals surface area contributed by atoms with Crippen LogP contribution in [0.25, 0.3) is 10.9 Å². The Morgan fingerprint density at radius 3 is 2.76 bits per heavy atom. The third-order valence-electron chi connectivity index (χ3n) is 4.28. The number of hydrogen-bond donors (Lipinski definition) is 1. The van der Waals surface area contributed by atoms with Crippen molar-refractivity contribution >= 4 is 16.9 Å². The number of carbonyl (C=O) groups is 1. The highest BCUT2D eigenvalue weighted by molar-refractivity contribution is 6.04. The summed E-state index contributed by atoms with van der Waals surface area (Å²) in [6.07, 6.45) is 2.30. The second kappa shape index (κ2) is 4.52. The summed E-state index contributed by atoms with van der Waals surface area (Å²) in [4.78, 5) is 16.2. The highest BCUT2D eigenvalue weighted by Gasteiger charge is 2.31. The van der Waals surface area contributed by atoms with Crippen molar-refractivity contribution in [2.45, 2.75) is 40.0 Å². The van der Waals surface area contributed by atoms with Crippen molar-refractivity contribution in [2.24, 2.45) is 5.41 Å². The lowest BCUT2D eigenvalue weighted by Crippen LogP contribution is -2.25. The van der Waals surface area contributed by atoms with Crippen LogP contribution >= 0.6 is 0 Å². The molecule has 0 saturated heterocycles. The molecule has 0 amide bonds. The van der Waals surface area contributed by atoms with Crippen molar-refractivity contribution in [1.29, 1.82) is 0 Å². The van der Waals surface area contributed by atoms with Crippen molar-refractivity contribution in [3.63, 3.8) is 0 Å². The van der Waals surface area contributed by atoms with Gasteiger partial charge in [0, 0.05) is 11.1 Å². The molecule has 110 valence electrons. The molecule has 3 rings (SSSR count). The van der Waals surface area contributed by atoms with Crippen molar-refractivity contribution in [3.8, 4) is 0 Å². The molecule has 1 aliphatic carbocycles. The normalized spacial score (nSPS) is 16.8. The molecule has 0 spiro atoms. The Morgan fingerprint density at radius 2 is 2.10 bits per heavy atom. The zero-order chi connectivity index (χ0) is 15.4. The van der Waals surface area contributed by atoms with Crippen LogP contribution in [0.5, 0.6) is 0 Å². The van der Waals surface area contributed by atoms with Crippen molar-refractivity contribution in [2.75, 3.05) is 0 Å². The van der Waals surface area contributed by atoms with Gasteiger partial charge in [-0.15, -0.1) is 0 Å². The maximum atomic E-state index is 14.2. The number of rotatable bonds is 1. The summed E-state index contributed by atoms with van der Waals surface area (Å²) in [5.41, 5.74) is 2.67. The summed E-state index contributed by atoms with van der Waals surface area (Å²) in [6, 6.07) is 3.12. The number of carboxylic acid groups (broad SMARTS) is 1. The fourth-order valence-electron chi connectivity index (χ4n) is 3.21. The predicted octanol–water partition coefficient (Wildman–Crippen LogP) is 3.90. The van der Waals surface area contributed by atoms with Crippen LogP contribution in [0.4, 0.5) is 4.39 Å². The van der Waals surface area contributed by atoms with Gasteiger partial charge in [-0.3, -0.25) is 0 Å². The highest BCUT2D eigenvalue weighted by atomic mass is 19.1. The molecule has 1 aromatic carbocycles. The number of nitrogens with zero attached hydrogens (tertiary/aromatic N) is 1. The number of benzene rings is 1. The second-order valence-corrected chi connectivity index (χ2v) is 6.70. The van der Waals surface area contributed by atoms with Crippen LogP contribution in [0.3, 0.4) is 0 Å². The Morgan fingerprint density at radius 1 is 1.38 bits per heavy atom. The van der Waals surface area contributed by atoms with Crippen molar-refractivity contribution in [3.05, 3.63) is 40.3 Å². The van der Waals surface area contributed by atoms with Crippen LogP contribution in [0.1, 0.15) is 47.4 Å². The summed E-state index contributed by atoms with van der Waals surface area (Å²) >= 11 is 0. The van der Waals surface area contributed by atoms with Gasteiger partial charge in [0.05, 0.1) is 5.56 Å². The molecule has 1 heterocycles. The molecule has 21 heavy (non-hydrogen) atoms. The van der Waals surface area contributed by atoms with Gasteiger partial charge < -0.3 is 5.11 Å². The smallest absolute Gasteiger partial charge is 0.336 e. The van der Waals surface area contributed by atoms with Gasteiger partial charge in [0.2, 0.25) is 0 Å². The molecule has 4 heteroatoms. The van der Waals surface area contributed by atoms with E-state index in [2.05, 4.69) is 18.8 Å². The fourth-order valence-corrected chi connectivity index (χ4v) is 3.21. The molecule has 0 atom stereocenters. The monoisotopic (exact) mass is 287 g/mol. The maximum absolute atomic E-state index is 14.2. The first-order valence-corrected chi connectivity index (χ1v) is 7.13. The van der Waals surface area contributed by atoms with Gasteiger partial charge in [-0.25, -0.2) is 14.2 Å². The lowest BCUT2D eigenvalue weighted by atomic mass is 9.74. The van der Waals surface area contributed by atoms with Gasteiger partial charge in [0.25, 0.3) is 0 Å². The lowest BCUT2D eigenvalue weighted by Gasteiger charge is -2.32. The molecular formula is C17H18FNO2. The number of carboxylic acids is 1. The first kappa shape index (κ1) is 14.0. The summed E-state index contributed by atoms with van der Waals surface area (Å²) in [5.74, 6) is -1.44. The van der Waals surface area contributed by atoms with Crippen LogP contribution in [-0.2, 0) is 12.8 Å². The van der Waals surface area contributed by atoms with Gasteiger partial charge in [-0.05, 0) is 54.9 Å². The minimum atomic E-state index is -0.999. The van der Waals surface area contributed by atoms with E-state index in [0.29, 0.717) is 23.8 Å². The molecule has 2 aromatic rings. The fraction of sp³-hybridized carbons (Fsp3) is 0.412. The number of pyridine rings is 1. The van der Waals surface area contributed by atoms with Crippen molar-refractivity contribution < 1.29 is 14.3 Å². The van der Waals surface area contributed by atoms with Gasteiger partial charge in [0.1, 0.15) is 11.3 Å². The number of hydrogen-bond acceptors (Lipinski definition) is 2. The van der Waals surface area contributed by atoms with Gasteiger partial charge in [-0.1, -0.05) is 13.8 Å². The Balaban J connectivity index is 2.41. The number of aromatic carboxylic acids is 1. The maximum Gasteiger partial charge on any atom is 0.336 e. The standard InChI is InChI=1S/C17H18FNO2/c1-9-6-10-14(16(20)21)11-8-17(2,3)5-4-13(11)19-15(10)12(18)7-9/h6-7H,4-5,8H2,1-3H3,(H,20,21). The predicted molar refractivity (Wildman–Crippen MR) is 79.2 cm³/mol.